The van der Waals surface area contributed by atoms with E-state index in [4.69, 9.17) is 4.42 Å². The van der Waals surface area contributed by atoms with E-state index in [1.165, 1.54) is 18.3 Å². The molecule has 0 fully saturated rings. The number of carbonyl (C=O) groups is 2. The van der Waals surface area contributed by atoms with Crippen molar-refractivity contribution in [2.24, 2.45) is 0 Å². The summed E-state index contributed by atoms with van der Waals surface area (Å²) < 4.78 is 33.3. The number of halogens is 2. The third-order valence-corrected chi connectivity index (χ3v) is 5.77. The fourth-order valence-electron chi connectivity index (χ4n) is 3.62. The van der Waals surface area contributed by atoms with Gasteiger partial charge < -0.3 is 15.1 Å². The van der Waals surface area contributed by atoms with E-state index in [1.54, 1.807) is 24.3 Å². The second kappa shape index (κ2) is 10.9. The number of nitrogens with one attached hydrogen (secondary N) is 3. The smallest absolute Gasteiger partial charge is 0.288 e. The molecule has 2 heterocycles. The quantitative estimate of drug-likeness (QED) is 0.308. The lowest BCUT2D eigenvalue weighted by Crippen LogP contribution is -2.33. The van der Waals surface area contributed by atoms with E-state index < -0.39 is 17.5 Å². The molecule has 36 heavy (non-hydrogen) atoms. The fourth-order valence-corrected chi connectivity index (χ4v) is 3.62. The van der Waals surface area contributed by atoms with Crippen LogP contribution in [-0.4, -0.2) is 33.0 Å². The summed E-state index contributed by atoms with van der Waals surface area (Å²) in [5.41, 5.74) is 1.67. The van der Waals surface area contributed by atoms with Crippen LogP contribution in [0.4, 0.5) is 8.78 Å². The average Bonchev–Trinajstić information content (AvgIpc) is 3.58. The van der Waals surface area contributed by atoms with Crippen LogP contribution in [0.3, 0.4) is 0 Å². The van der Waals surface area contributed by atoms with Gasteiger partial charge >= 0.3 is 0 Å². The lowest BCUT2D eigenvalue weighted by molar-refractivity contribution is 0.0906. The maximum atomic E-state index is 13.8. The zero-order valence-electron chi connectivity index (χ0n) is 19.8. The van der Waals surface area contributed by atoms with E-state index in [0.717, 1.165) is 25.0 Å². The number of hydrogen-bond donors (Lipinski definition) is 3. The first kappa shape index (κ1) is 24.8. The van der Waals surface area contributed by atoms with Crippen LogP contribution in [-0.2, 0) is 6.54 Å². The molecule has 0 bridgehead atoms. The summed E-state index contributed by atoms with van der Waals surface area (Å²) in [7, 11) is 0. The van der Waals surface area contributed by atoms with Gasteiger partial charge in [-0.15, -0.1) is 0 Å². The van der Waals surface area contributed by atoms with Crippen molar-refractivity contribution in [1.82, 2.24) is 25.8 Å². The molecule has 0 aliphatic heterocycles. The molecule has 0 aliphatic carbocycles. The number of rotatable bonds is 9. The van der Waals surface area contributed by atoms with Crippen molar-refractivity contribution in [3.05, 3.63) is 83.4 Å². The van der Waals surface area contributed by atoms with E-state index in [9.17, 15) is 18.4 Å². The molecule has 0 aliphatic rings. The minimum absolute atomic E-state index is 0.0613. The third-order valence-electron chi connectivity index (χ3n) is 5.77. The zero-order valence-corrected chi connectivity index (χ0v) is 19.8. The summed E-state index contributed by atoms with van der Waals surface area (Å²) in [4.78, 5) is 29.1. The number of benzene rings is 2. The molecule has 10 heteroatoms. The molecule has 3 N–H and O–H groups in total. The van der Waals surface area contributed by atoms with Crippen molar-refractivity contribution >= 4 is 11.8 Å². The van der Waals surface area contributed by atoms with Crippen molar-refractivity contribution in [2.45, 2.75) is 39.3 Å². The van der Waals surface area contributed by atoms with Gasteiger partial charge in [-0.05, 0) is 43.2 Å². The van der Waals surface area contributed by atoms with Gasteiger partial charge in [0, 0.05) is 29.3 Å². The summed E-state index contributed by atoms with van der Waals surface area (Å²) in [6.07, 6.45) is 3.01. The Kier molecular flexibility index (Phi) is 7.53. The van der Waals surface area contributed by atoms with Gasteiger partial charge in [-0.25, -0.2) is 13.8 Å². The Labute approximate surface area is 206 Å². The first-order valence-corrected chi connectivity index (χ1v) is 11.5. The van der Waals surface area contributed by atoms with Crippen LogP contribution in [0.25, 0.3) is 22.7 Å². The van der Waals surface area contributed by atoms with Gasteiger partial charge in [-0.1, -0.05) is 32.0 Å². The van der Waals surface area contributed by atoms with Crippen molar-refractivity contribution < 1.29 is 22.8 Å². The molecule has 0 unspecified atom stereocenters. The van der Waals surface area contributed by atoms with Gasteiger partial charge in [0.2, 0.25) is 11.7 Å². The number of carbonyl (C=O) groups excluding carboxylic acids is 2. The number of hydrogen-bond acceptors (Lipinski definition) is 5. The van der Waals surface area contributed by atoms with E-state index in [2.05, 4.69) is 25.8 Å². The Balaban J connectivity index is 1.46. The molecule has 4 aromatic rings. The number of amides is 2. The van der Waals surface area contributed by atoms with Crippen LogP contribution < -0.4 is 10.6 Å². The predicted octanol–water partition coefficient (Wildman–Crippen LogP) is 4.86. The maximum absolute atomic E-state index is 13.8. The Morgan fingerprint density at radius 2 is 1.69 bits per heavy atom. The number of H-pyrrole nitrogens is 1. The monoisotopic (exact) mass is 493 g/mol. The van der Waals surface area contributed by atoms with E-state index >= 15 is 0 Å². The first-order chi connectivity index (χ1) is 17.4. The molecular formula is C26H25F2N5O3. The molecule has 0 radical (unpaired) electrons. The number of nitrogens with zero attached hydrogens (tertiary/aromatic N) is 2. The third kappa shape index (κ3) is 5.48. The van der Waals surface area contributed by atoms with Crippen LogP contribution in [0, 0.1) is 11.6 Å². The lowest BCUT2D eigenvalue weighted by Gasteiger charge is -2.12. The Bertz CT molecular complexity index is 1360. The van der Waals surface area contributed by atoms with E-state index in [1.807, 2.05) is 13.8 Å². The minimum Gasteiger partial charge on any atom is -0.431 e. The van der Waals surface area contributed by atoms with Gasteiger partial charge in [0.05, 0.1) is 11.9 Å². The normalized spacial score (nSPS) is 11.0. The average molecular weight is 494 g/mol. The summed E-state index contributed by atoms with van der Waals surface area (Å²) in [6.45, 7) is 3.69. The number of aromatic amines is 1. The van der Waals surface area contributed by atoms with Crippen LogP contribution in [0.1, 0.15) is 53.3 Å². The van der Waals surface area contributed by atoms with Crippen LogP contribution >= 0.6 is 0 Å². The van der Waals surface area contributed by atoms with Gasteiger partial charge in [0.1, 0.15) is 17.3 Å². The summed E-state index contributed by atoms with van der Waals surface area (Å²) in [5.74, 6) is -1.97. The molecule has 2 aromatic carbocycles. The van der Waals surface area contributed by atoms with Gasteiger partial charge in [-0.3, -0.25) is 14.7 Å². The van der Waals surface area contributed by atoms with Crippen LogP contribution in [0.2, 0.25) is 0 Å². The zero-order chi connectivity index (χ0) is 25.7. The molecule has 0 saturated heterocycles. The highest BCUT2D eigenvalue weighted by Crippen LogP contribution is 2.26. The fraction of sp³-hybridized carbons (Fsp3) is 0.231. The molecule has 0 saturated carbocycles. The number of oxazole rings is 1. The van der Waals surface area contributed by atoms with Crippen molar-refractivity contribution in [2.75, 3.05) is 0 Å². The summed E-state index contributed by atoms with van der Waals surface area (Å²) in [5, 5.41) is 12.2. The van der Waals surface area contributed by atoms with E-state index in [-0.39, 0.29) is 41.4 Å². The second-order valence-electron chi connectivity index (χ2n) is 8.15. The highest BCUT2D eigenvalue weighted by molar-refractivity contribution is 5.93. The van der Waals surface area contributed by atoms with Crippen LogP contribution in [0.15, 0.2) is 59.1 Å². The topological polar surface area (TPSA) is 113 Å². The molecule has 8 nitrogen and oxygen atoms in total. The Morgan fingerprint density at radius 1 is 1.00 bits per heavy atom. The molecule has 2 amide bonds. The number of aromatic nitrogens is 3. The Hall–Kier alpha value is -4.34. The van der Waals surface area contributed by atoms with Crippen molar-refractivity contribution in [1.29, 1.82) is 0 Å². The minimum atomic E-state index is -0.736. The predicted molar refractivity (Wildman–Crippen MR) is 129 cm³/mol. The molecule has 4 rings (SSSR count). The maximum Gasteiger partial charge on any atom is 0.288 e. The Morgan fingerprint density at radius 3 is 2.42 bits per heavy atom. The summed E-state index contributed by atoms with van der Waals surface area (Å²) >= 11 is 0. The van der Waals surface area contributed by atoms with Gasteiger partial charge in [0.15, 0.2) is 0 Å². The standard InChI is InChI=1S/C26H25F2N5O3/c1-3-17(4-2)31-25(35)23-14-30-26(36-23)16-8-5-7-15(11-16)21-12-22(33-32-21)24(34)29-13-18-19(27)9-6-10-20(18)28/h5-12,14,17H,3-4,13H2,1-2H3,(H,29,34)(H,31,35)(H,32,33). The van der Waals surface area contributed by atoms with Gasteiger partial charge in [-0.2, -0.15) is 5.10 Å². The largest absolute Gasteiger partial charge is 0.431 e. The van der Waals surface area contributed by atoms with Gasteiger partial charge in [0.25, 0.3) is 11.8 Å². The van der Waals surface area contributed by atoms with Crippen molar-refractivity contribution in [3.8, 4) is 22.7 Å². The van der Waals surface area contributed by atoms with Crippen LogP contribution in [0.5, 0.6) is 0 Å². The highest BCUT2D eigenvalue weighted by atomic mass is 19.1. The first-order valence-electron chi connectivity index (χ1n) is 11.5. The molecule has 0 spiro atoms. The lowest BCUT2D eigenvalue weighted by atomic mass is 10.1. The molecule has 2 aromatic heterocycles. The molecule has 0 atom stereocenters. The second-order valence-corrected chi connectivity index (χ2v) is 8.15. The van der Waals surface area contributed by atoms with Crippen molar-refractivity contribution in [3.63, 3.8) is 0 Å². The molecule has 186 valence electrons. The SMILES string of the molecule is CCC(CC)NC(=O)c1cnc(-c2cccc(-c3cc(C(=O)NCc4c(F)cccc4F)[nH]n3)c2)o1. The summed E-state index contributed by atoms with van der Waals surface area (Å²) in [6, 6.07) is 12.2. The van der Waals surface area contributed by atoms with E-state index in [0.29, 0.717) is 16.8 Å². The highest BCUT2D eigenvalue weighted by Gasteiger charge is 2.18. The molecular weight excluding hydrogens is 468 g/mol.